The van der Waals surface area contributed by atoms with E-state index < -0.39 is 0 Å². The van der Waals surface area contributed by atoms with E-state index in [1.165, 1.54) is 44.1 Å². The molecule has 0 amide bonds. The van der Waals surface area contributed by atoms with Crippen LogP contribution >= 0.6 is 0 Å². The second-order valence-electron chi connectivity index (χ2n) is 10.7. The van der Waals surface area contributed by atoms with E-state index >= 15 is 0 Å². The maximum absolute atomic E-state index is 6.05. The number of nitrogens with zero attached hydrogens (tertiary/aromatic N) is 4. The highest BCUT2D eigenvalue weighted by Crippen LogP contribution is 2.61. The third-order valence-corrected chi connectivity index (χ3v) is 9.06. The molecule has 0 aromatic carbocycles. The lowest BCUT2D eigenvalue weighted by atomic mass is 9.47. The van der Waals surface area contributed by atoms with Crippen LogP contribution in [0.1, 0.15) is 73.1 Å². The monoisotopic (exact) mass is 422 g/mol. The maximum atomic E-state index is 6.05. The van der Waals surface area contributed by atoms with E-state index in [2.05, 4.69) is 67.6 Å². The first-order valence-electron chi connectivity index (χ1n) is 11.9. The van der Waals surface area contributed by atoms with Crippen LogP contribution in [0.25, 0.3) is 11.2 Å². The number of anilines is 1. The summed E-state index contributed by atoms with van der Waals surface area (Å²) in [4.78, 5) is 8.59. The van der Waals surface area contributed by atoms with Crippen molar-refractivity contribution in [3.63, 3.8) is 0 Å². The van der Waals surface area contributed by atoms with E-state index in [-0.39, 0.29) is 0 Å². The zero-order valence-electron chi connectivity index (χ0n) is 20.3. The number of imidazole rings is 1. The SMILES string of the molecule is CC1=CCC[C@@H]2C1(C)CCC(C)[C@@]2(C)CC/C(C)=C/C[n+]1cn(C)c2c(N)ncnc21. The Balaban J connectivity index is 1.49. The highest BCUT2D eigenvalue weighted by molar-refractivity contribution is 5.78. The van der Waals surface area contributed by atoms with E-state index in [4.69, 9.17) is 5.73 Å². The first-order valence-corrected chi connectivity index (χ1v) is 11.9. The van der Waals surface area contributed by atoms with Crippen LogP contribution in [0, 0.1) is 22.7 Å². The van der Waals surface area contributed by atoms with Crippen LogP contribution in [0.4, 0.5) is 5.82 Å². The summed E-state index contributed by atoms with van der Waals surface area (Å²) in [6.07, 6.45) is 16.2. The highest BCUT2D eigenvalue weighted by Gasteiger charge is 2.52. The molecule has 0 aliphatic heterocycles. The van der Waals surface area contributed by atoms with Crippen molar-refractivity contribution < 1.29 is 4.57 Å². The summed E-state index contributed by atoms with van der Waals surface area (Å²) in [6, 6.07) is 0. The van der Waals surface area contributed by atoms with Gasteiger partial charge in [-0.1, -0.05) is 49.1 Å². The zero-order chi connectivity index (χ0) is 22.4. The van der Waals surface area contributed by atoms with Crippen molar-refractivity contribution in [2.75, 3.05) is 5.73 Å². The largest absolute Gasteiger partial charge is 0.380 e. The van der Waals surface area contributed by atoms with Crippen molar-refractivity contribution in [2.45, 2.75) is 79.7 Å². The molecule has 2 N–H and O–H groups in total. The van der Waals surface area contributed by atoms with Gasteiger partial charge in [0.15, 0.2) is 18.5 Å². The van der Waals surface area contributed by atoms with Gasteiger partial charge in [0.2, 0.25) is 5.52 Å². The molecule has 31 heavy (non-hydrogen) atoms. The van der Waals surface area contributed by atoms with Crippen molar-refractivity contribution in [3.8, 4) is 0 Å². The quantitative estimate of drug-likeness (QED) is 0.521. The molecular weight excluding hydrogens is 382 g/mol. The highest BCUT2D eigenvalue weighted by atomic mass is 15.2. The molecule has 2 aliphatic rings. The summed E-state index contributed by atoms with van der Waals surface area (Å²) >= 11 is 0. The maximum Gasteiger partial charge on any atom is 0.307 e. The van der Waals surface area contributed by atoms with E-state index in [1.54, 1.807) is 11.9 Å². The number of rotatable bonds is 5. The average molecular weight is 423 g/mol. The lowest BCUT2D eigenvalue weighted by Crippen LogP contribution is -2.49. The van der Waals surface area contributed by atoms with Gasteiger partial charge >= 0.3 is 5.65 Å². The Labute approximate surface area is 187 Å². The molecule has 0 saturated heterocycles. The van der Waals surface area contributed by atoms with Crippen molar-refractivity contribution in [2.24, 2.45) is 29.7 Å². The molecule has 2 unspecified atom stereocenters. The minimum absolute atomic E-state index is 0.398. The summed E-state index contributed by atoms with van der Waals surface area (Å²) in [5.41, 5.74) is 11.8. The summed E-state index contributed by atoms with van der Waals surface area (Å²) in [6.45, 7) is 13.1. The Bertz CT molecular complexity index is 1030. The standard InChI is InChI=1S/C26H40N5/c1-18(12-15-31-17-30(6)22-23(27)28-16-29-24(22)31)10-13-25(4)20(3)11-14-26(5)19(2)8-7-9-21(25)26/h8,12,16-17,20-21H,7,9-11,13-15H2,1-6H3,(H2,27,28,29)/q+1/b18-12+/t20?,21-,25+,26?/m0/s1. The van der Waals surface area contributed by atoms with Crippen LogP contribution in [-0.2, 0) is 13.6 Å². The second kappa shape index (κ2) is 8.07. The van der Waals surface area contributed by atoms with Crippen molar-refractivity contribution in [1.29, 1.82) is 0 Å². The van der Waals surface area contributed by atoms with E-state index in [0.717, 1.165) is 29.5 Å². The number of fused-ring (bicyclic) bond motifs is 2. The molecule has 4 rings (SSSR count). The number of nitrogens with two attached hydrogens (primary N) is 1. The van der Waals surface area contributed by atoms with Gasteiger partial charge in [0.1, 0.15) is 0 Å². The lowest BCUT2D eigenvalue weighted by Gasteiger charge is -2.58. The van der Waals surface area contributed by atoms with Gasteiger partial charge in [0.05, 0.1) is 13.6 Å². The van der Waals surface area contributed by atoms with Crippen LogP contribution in [0.2, 0.25) is 0 Å². The normalized spacial score (nSPS) is 31.5. The van der Waals surface area contributed by atoms with Crippen molar-refractivity contribution in [3.05, 3.63) is 36.0 Å². The molecule has 2 aliphatic carbocycles. The summed E-state index contributed by atoms with van der Waals surface area (Å²) in [5.74, 6) is 2.12. The molecule has 1 saturated carbocycles. The topological polar surface area (TPSA) is 60.6 Å². The second-order valence-corrected chi connectivity index (χ2v) is 10.7. The fourth-order valence-electron chi connectivity index (χ4n) is 6.54. The molecule has 0 bridgehead atoms. The van der Waals surface area contributed by atoms with Gasteiger partial charge in [-0.2, -0.15) is 4.98 Å². The minimum Gasteiger partial charge on any atom is -0.380 e. The van der Waals surface area contributed by atoms with Crippen molar-refractivity contribution in [1.82, 2.24) is 14.5 Å². The van der Waals surface area contributed by atoms with E-state index in [0.29, 0.717) is 16.6 Å². The molecule has 2 aromatic heterocycles. The van der Waals surface area contributed by atoms with Crippen molar-refractivity contribution >= 4 is 17.0 Å². The fourth-order valence-corrected chi connectivity index (χ4v) is 6.54. The molecule has 168 valence electrons. The third kappa shape index (κ3) is 3.70. The number of hydrogen-bond donors (Lipinski definition) is 1. The van der Waals surface area contributed by atoms with Crippen LogP contribution in [0.3, 0.4) is 0 Å². The summed E-state index contributed by atoms with van der Waals surface area (Å²) < 4.78 is 4.17. The molecule has 4 atom stereocenters. The number of allylic oxidation sites excluding steroid dienone is 4. The first kappa shape index (κ1) is 22.0. The van der Waals surface area contributed by atoms with Gasteiger partial charge in [-0.05, 0) is 75.0 Å². The van der Waals surface area contributed by atoms with Crippen LogP contribution < -0.4 is 10.3 Å². The number of hydrogen-bond acceptors (Lipinski definition) is 3. The Morgan fingerprint density at radius 3 is 2.87 bits per heavy atom. The van der Waals surface area contributed by atoms with Gasteiger partial charge in [0.25, 0.3) is 0 Å². The number of nitrogen functional groups attached to an aromatic ring is 1. The molecule has 0 radical (unpaired) electrons. The number of aromatic nitrogens is 4. The first-order chi connectivity index (χ1) is 14.7. The third-order valence-electron chi connectivity index (χ3n) is 9.06. The van der Waals surface area contributed by atoms with E-state index in [9.17, 15) is 0 Å². The lowest BCUT2D eigenvalue weighted by molar-refractivity contribution is -0.663. The Morgan fingerprint density at radius 1 is 1.32 bits per heavy atom. The Morgan fingerprint density at radius 2 is 2.10 bits per heavy atom. The molecule has 2 heterocycles. The van der Waals surface area contributed by atoms with Gasteiger partial charge < -0.3 is 5.73 Å². The molecule has 5 nitrogen and oxygen atoms in total. The van der Waals surface area contributed by atoms with Gasteiger partial charge in [0, 0.05) is 0 Å². The summed E-state index contributed by atoms with van der Waals surface area (Å²) in [5, 5.41) is 0. The fraction of sp³-hybridized carbons (Fsp3) is 0.654. The molecule has 2 aromatic rings. The molecule has 5 heteroatoms. The summed E-state index contributed by atoms with van der Waals surface area (Å²) in [7, 11) is 2.00. The molecule has 0 spiro atoms. The number of aryl methyl sites for hydroxylation is 1. The Kier molecular flexibility index (Phi) is 5.74. The zero-order valence-corrected chi connectivity index (χ0v) is 20.3. The average Bonchev–Trinajstić information content (AvgIpc) is 3.07. The molecular formula is C26H40N5+. The van der Waals surface area contributed by atoms with Gasteiger partial charge in [-0.25, -0.2) is 4.57 Å². The smallest absolute Gasteiger partial charge is 0.307 e. The predicted molar refractivity (Wildman–Crippen MR) is 127 cm³/mol. The minimum atomic E-state index is 0.398. The Hall–Kier alpha value is -2.17. The van der Waals surface area contributed by atoms with Gasteiger partial charge in [-0.3, -0.25) is 4.57 Å². The molecule has 1 fully saturated rings. The predicted octanol–water partition coefficient (Wildman–Crippen LogP) is 5.36. The van der Waals surface area contributed by atoms with Gasteiger partial charge in [-0.15, -0.1) is 0 Å². The van der Waals surface area contributed by atoms with Crippen LogP contribution in [0.15, 0.2) is 36.0 Å². The van der Waals surface area contributed by atoms with Crippen LogP contribution in [-0.4, -0.2) is 14.5 Å². The van der Waals surface area contributed by atoms with Crippen LogP contribution in [0.5, 0.6) is 0 Å². The van der Waals surface area contributed by atoms with E-state index in [1.807, 2.05) is 11.6 Å².